The van der Waals surface area contributed by atoms with Gasteiger partial charge in [0.25, 0.3) is 0 Å². The van der Waals surface area contributed by atoms with E-state index in [-0.39, 0.29) is 11.8 Å². The van der Waals surface area contributed by atoms with Crippen LogP contribution in [0, 0.1) is 20.8 Å². The molecule has 4 aromatic rings. The van der Waals surface area contributed by atoms with Crippen LogP contribution in [0.25, 0.3) is 11.0 Å². The van der Waals surface area contributed by atoms with Gasteiger partial charge in [0.1, 0.15) is 18.2 Å². The molecule has 0 bridgehead atoms. The number of ether oxygens (including phenoxy) is 1. The number of hydrogen-bond donors (Lipinski definition) is 0. The molecule has 168 valence electrons. The Balaban J connectivity index is 1.41. The molecule has 1 fully saturated rings. The zero-order valence-corrected chi connectivity index (χ0v) is 19.4. The third kappa shape index (κ3) is 4.11. The molecule has 0 spiro atoms. The van der Waals surface area contributed by atoms with Crippen LogP contribution in [0.15, 0.2) is 66.7 Å². The maximum Gasteiger partial charge on any atom is 0.227 e. The zero-order chi connectivity index (χ0) is 22.9. The second-order valence-corrected chi connectivity index (χ2v) is 8.90. The summed E-state index contributed by atoms with van der Waals surface area (Å²) in [6, 6.07) is 22.5. The Kier molecular flexibility index (Phi) is 5.63. The molecule has 0 unspecified atom stereocenters. The fourth-order valence-electron chi connectivity index (χ4n) is 4.69. The van der Waals surface area contributed by atoms with Crippen LogP contribution in [0.2, 0.25) is 0 Å². The molecular weight excluding hydrogens is 410 g/mol. The van der Waals surface area contributed by atoms with Gasteiger partial charge in [0.15, 0.2) is 0 Å². The molecule has 0 aliphatic carbocycles. The number of benzene rings is 3. The molecule has 5 rings (SSSR count). The zero-order valence-electron chi connectivity index (χ0n) is 19.4. The average Bonchev–Trinajstić information content (AvgIpc) is 3.37. The fourth-order valence-corrected chi connectivity index (χ4v) is 4.69. The number of para-hydroxylation sites is 2. The Morgan fingerprint density at radius 1 is 1.00 bits per heavy atom. The van der Waals surface area contributed by atoms with Crippen LogP contribution in [0.4, 0.5) is 5.69 Å². The van der Waals surface area contributed by atoms with E-state index in [1.807, 2.05) is 47.4 Å². The van der Waals surface area contributed by atoms with Gasteiger partial charge in [-0.05, 0) is 67.8 Å². The Morgan fingerprint density at radius 2 is 1.82 bits per heavy atom. The number of hydrogen-bond acceptors (Lipinski definition) is 3. The molecule has 1 atom stereocenters. The van der Waals surface area contributed by atoms with Crippen molar-refractivity contribution < 1.29 is 9.53 Å². The van der Waals surface area contributed by atoms with Gasteiger partial charge in [-0.2, -0.15) is 0 Å². The first kappa shape index (κ1) is 21.3. The van der Waals surface area contributed by atoms with Crippen molar-refractivity contribution in [3.05, 3.63) is 89.2 Å². The Labute approximate surface area is 194 Å². The van der Waals surface area contributed by atoms with E-state index in [2.05, 4.69) is 49.6 Å². The number of aryl methyl sites for hydroxylation is 2. The predicted octanol–water partition coefficient (Wildman–Crippen LogP) is 5.56. The summed E-state index contributed by atoms with van der Waals surface area (Å²) in [5, 5.41) is 0. The molecule has 1 saturated heterocycles. The molecular formula is C28H29N3O2. The number of rotatable bonds is 6. The molecule has 0 radical (unpaired) electrons. The van der Waals surface area contributed by atoms with Gasteiger partial charge >= 0.3 is 0 Å². The van der Waals surface area contributed by atoms with E-state index in [1.165, 1.54) is 11.1 Å². The van der Waals surface area contributed by atoms with Gasteiger partial charge in [-0.15, -0.1) is 0 Å². The molecule has 1 amide bonds. The van der Waals surface area contributed by atoms with Crippen LogP contribution in [-0.4, -0.2) is 28.6 Å². The SMILES string of the molecule is Cc1cccc(N2C[C@@H](c3nc4ccccc4n3CCOc3cccc(C)c3C)CC2=O)c1. The van der Waals surface area contributed by atoms with Crippen LogP contribution in [0.5, 0.6) is 5.75 Å². The summed E-state index contributed by atoms with van der Waals surface area (Å²) < 4.78 is 8.39. The highest BCUT2D eigenvalue weighted by molar-refractivity contribution is 5.96. The predicted molar refractivity (Wildman–Crippen MR) is 132 cm³/mol. The van der Waals surface area contributed by atoms with Crippen LogP contribution < -0.4 is 9.64 Å². The molecule has 1 aromatic heterocycles. The van der Waals surface area contributed by atoms with Gasteiger partial charge < -0.3 is 14.2 Å². The second kappa shape index (κ2) is 8.74. The van der Waals surface area contributed by atoms with Crippen LogP contribution in [0.1, 0.15) is 34.9 Å². The van der Waals surface area contributed by atoms with E-state index in [0.717, 1.165) is 33.9 Å². The summed E-state index contributed by atoms with van der Waals surface area (Å²) in [4.78, 5) is 19.8. The van der Waals surface area contributed by atoms with Crippen LogP contribution in [-0.2, 0) is 11.3 Å². The van der Waals surface area contributed by atoms with Crippen LogP contribution in [0.3, 0.4) is 0 Å². The van der Waals surface area contributed by atoms with E-state index in [4.69, 9.17) is 9.72 Å². The monoisotopic (exact) mass is 439 g/mol. The maximum atomic E-state index is 12.9. The molecule has 0 N–H and O–H groups in total. The van der Waals surface area contributed by atoms with Crippen molar-refractivity contribution in [1.82, 2.24) is 9.55 Å². The third-order valence-electron chi connectivity index (χ3n) is 6.61. The minimum atomic E-state index is 0.0473. The third-order valence-corrected chi connectivity index (χ3v) is 6.61. The normalized spacial score (nSPS) is 16.0. The van der Waals surface area contributed by atoms with Gasteiger partial charge in [-0.3, -0.25) is 4.79 Å². The van der Waals surface area contributed by atoms with Crippen molar-refractivity contribution in [3.63, 3.8) is 0 Å². The van der Waals surface area contributed by atoms with Gasteiger partial charge in [0.2, 0.25) is 5.91 Å². The topological polar surface area (TPSA) is 47.4 Å². The lowest BCUT2D eigenvalue weighted by Crippen LogP contribution is -2.24. The van der Waals surface area contributed by atoms with E-state index < -0.39 is 0 Å². The first-order chi connectivity index (χ1) is 16.0. The van der Waals surface area contributed by atoms with E-state index in [9.17, 15) is 4.79 Å². The quantitative estimate of drug-likeness (QED) is 0.395. The Bertz CT molecular complexity index is 1320. The van der Waals surface area contributed by atoms with Crippen molar-refractivity contribution >= 4 is 22.6 Å². The summed E-state index contributed by atoms with van der Waals surface area (Å²) >= 11 is 0. The largest absolute Gasteiger partial charge is 0.491 e. The standard InChI is InChI=1S/C28H29N3O2/c1-19-8-6-10-23(16-19)31-18-22(17-27(31)32)28-29-24-11-4-5-12-25(24)30(28)14-15-33-26-13-7-9-20(2)21(26)3/h4-13,16,22H,14-15,17-18H2,1-3H3/t22-/m0/s1. The highest BCUT2D eigenvalue weighted by Gasteiger charge is 2.34. The summed E-state index contributed by atoms with van der Waals surface area (Å²) in [5.74, 6) is 2.08. The Morgan fingerprint density at radius 3 is 2.67 bits per heavy atom. The van der Waals surface area contributed by atoms with Gasteiger partial charge in [-0.25, -0.2) is 4.98 Å². The minimum Gasteiger partial charge on any atom is -0.491 e. The van der Waals surface area contributed by atoms with Crippen molar-refractivity contribution in [2.24, 2.45) is 0 Å². The number of aromatic nitrogens is 2. The number of carbonyl (C=O) groups excluding carboxylic acids is 1. The van der Waals surface area contributed by atoms with Crippen molar-refractivity contribution in [2.75, 3.05) is 18.1 Å². The average molecular weight is 440 g/mol. The van der Waals surface area contributed by atoms with E-state index >= 15 is 0 Å². The molecule has 5 heteroatoms. The molecule has 1 aliphatic rings. The Hall–Kier alpha value is -3.60. The van der Waals surface area contributed by atoms with E-state index in [1.54, 1.807) is 0 Å². The number of imidazole rings is 1. The highest BCUT2D eigenvalue weighted by atomic mass is 16.5. The smallest absolute Gasteiger partial charge is 0.227 e. The summed E-state index contributed by atoms with van der Waals surface area (Å²) in [5.41, 5.74) is 6.55. The van der Waals surface area contributed by atoms with Gasteiger partial charge in [0.05, 0.1) is 17.6 Å². The molecule has 3 aromatic carbocycles. The molecule has 2 heterocycles. The molecule has 0 saturated carbocycles. The lowest BCUT2D eigenvalue weighted by Gasteiger charge is -2.18. The number of anilines is 1. The fraction of sp³-hybridized carbons (Fsp3) is 0.286. The lowest BCUT2D eigenvalue weighted by atomic mass is 10.1. The van der Waals surface area contributed by atoms with Gasteiger partial charge in [0, 0.05) is 24.6 Å². The van der Waals surface area contributed by atoms with Crippen LogP contribution >= 0.6 is 0 Å². The maximum absolute atomic E-state index is 12.9. The summed E-state index contributed by atoms with van der Waals surface area (Å²) in [6.07, 6.45) is 0.467. The first-order valence-electron chi connectivity index (χ1n) is 11.5. The summed E-state index contributed by atoms with van der Waals surface area (Å²) in [7, 11) is 0. The van der Waals surface area contributed by atoms with E-state index in [0.29, 0.717) is 26.1 Å². The number of carbonyl (C=O) groups is 1. The first-order valence-corrected chi connectivity index (χ1v) is 11.5. The number of fused-ring (bicyclic) bond motifs is 1. The molecule has 33 heavy (non-hydrogen) atoms. The lowest BCUT2D eigenvalue weighted by molar-refractivity contribution is -0.117. The number of nitrogens with zero attached hydrogens (tertiary/aromatic N) is 3. The number of amides is 1. The molecule has 1 aliphatic heterocycles. The molecule has 5 nitrogen and oxygen atoms in total. The minimum absolute atomic E-state index is 0.0473. The van der Waals surface area contributed by atoms with Crippen molar-refractivity contribution in [2.45, 2.75) is 39.7 Å². The van der Waals surface area contributed by atoms with Crippen molar-refractivity contribution in [3.8, 4) is 5.75 Å². The van der Waals surface area contributed by atoms with Gasteiger partial charge in [-0.1, -0.05) is 36.4 Å². The summed E-state index contributed by atoms with van der Waals surface area (Å²) in [6.45, 7) is 8.10. The van der Waals surface area contributed by atoms with Crippen molar-refractivity contribution in [1.29, 1.82) is 0 Å². The second-order valence-electron chi connectivity index (χ2n) is 8.90. The highest BCUT2D eigenvalue weighted by Crippen LogP contribution is 2.33.